The van der Waals surface area contributed by atoms with E-state index in [2.05, 4.69) is 30.1 Å². The predicted molar refractivity (Wildman–Crippen MR) is 80.4 cm³/mol. The number of nitrogens with zero attached hydrogens (tertiary/aromatic N) is 1. The zero-order valence-corrected chi connectivity index (χ0v) is 11.5. The molecular weight excluding hydrogens is 241 g/mol. The van der Waals surface area contributed by atoms with Crippen LogP contribution in [0.2, 0.25) is 0 Å². The Labute approximate surface area is 109 Å². The SMILES string of the molecule is CN=Cc1cc(C)ccc1Pc1ccccc1O. The van der Waals surface area contributed by atoms with Crippen molar-refractivity contribution in [2.24, 2.45) is 4.99 Å². The Morgan fingerprint density at radius 3 is 2.61 bits per heavy atom. The van der Waals surface area contributed by atoms with Gasteiger partial charge in [-0.3, -0.25) is 4.99 Å². The zero-order chi connectivity index (χ0) is 13.0. The van der Waals surface area contributed by atoms with Crippen molar-refractivity contribution in [2.75, 3.05) is 7.05 Å². The quantitative estimate of drug-likeness (QED) is 0.664. The van der Waals surface area contributed by atoms with Crippen LogP contribution < -0.4 is 10.6 Å². The highest BCUT2D eigenvalue weighted by atomic mass is 31.1. The van der Waals surface area contributed by atoms with Gasteiger partial charge < -0.3 is 5.11 Å². The van der Waals surface area contributed by atoms with Gasteiger partial charge in [-0.1, -0.05) is 44.5 Å². The van der Waals surface area contributed by atoms with E-state index in [-0.39, 0.29) is 0 Å². The lowest BCUT2D eigenvalue weighted by atomic mass is 10.1. The van der Waals surface area contributed by atoms with Gasteiger partial charge in [0.05, 0.1) is 0 Å². The summed E-state index contributed by atoms with van der Waals surface area (Å²) in [6.07, 6.45) is 1.87. The van der Waals surface area contributed by atoms with Gasteiger partial charge in [0.15, 0.2) is 0 Å². The van der Waals surface area contributed by atoms with Gasteiger partial charge >= 0.3 is 0 Å². The molecule has 0 radical (unpaired) electrons. The van der Waals surface area contributed by atoms with Crippen LogP contribution in [0.5, 0.6) is 5.75 Å². The standard InChI is InChI=1S/C15H16NOP/c1-11-7-8-14(12(9-11)10-16-2)18-15-6-4-3-5-13(15)17/h3-10,17-18H,1-2H3. The summed E-state index contributed by atoms with van der Waals surface area (Å²) >= 11 is 0. The Kier molecular flexibility index (Phi) is 4.11. The maximum absolute atomic E-state index is 9.82. The minimum absolute atomic E-state index is 0.357. The summed E-state index contributed by atoms with van der Waals surface area (Å²) in [7, 11) is 2.21. The number of benzene rings is 2. The highest BCUT2D eigenvalue weighted by Crippen LogP contribution is 2.19. The van der Waals surface area contributed by atoms with Crippen LogP contribution >= 0.6 is 8.58 Å². The first kappa shape index (κ1) is 12.8. The van der Waals surface area contributed by atoms with Crippen LogP contribution in [0.3, 0.4) is 0 Å². The third kappa shape index (κ3) is 2.96. The zero-order valence-electron chi connectivity index (χ0n) is 10.5. The molecule has 1 N–H and O–H groups in total. The second kappa shape index (κ2) is 5.79. The second-order valence-corrected chi connectivity index (χ2v) is 5.45. The molecule has 0 fully saturated rings. The lowest BCUT2D eigenvalue weighted by Gasteiger charge is -2.08. The van der Waals surface area contributed by atoms with Crippen LogP contribution in [0.25, 0.3) is 0 Å². The molecule has 0 aromatic heterocycles. The molecule has 0 bridgehead atoms. The molecule has 92 valence electrons. The molecule has 3 heteroatoms. The van der Waals surface area contributed by atoms with Crippen LogP contribution in [0, 0.1) is 6.92 Å². The van der Waals surface area contributed by atoms with Crippen molar-refractivity contribution in [1.29, 1.82) is 0 Å². The molecule has 0 saturated heterocycles. The molecule has 1 unspecified atom stereocenters. The van der Waals surface area contributed by atoms with Crippen molar-refractivity contribution >= 4 is 25.4 Å². The molecule has 2 nitrogen and oxygen atoms in total. The third-order valence-electron chi connectivity index (χ3n) is 2.65. The van der Waals surface area contributed by atoms with E-state index >= 15 is 0 Å². The largest absolute Gasteiger partial charge is 0.507 e. The van der Waals surface area contributed by atoms with Crippen molar-refractivity contribution in [2.45, 2.75) is 6.92 Å². The van der Waals surface area contributed by atoms with E-state index in [1.165, 1.54) is 10.9 Å². The molecule has 2 rings (SSSR count). The average Bonchev–Trinajstić information content (AvgIpc) is 2.35. The van der Waals surface area contributed by atoms with Gasteiger partial charge in [0.2, 0.25) is 0 Å². The Bertz CT molecular complexity index is 578. The van der Waals surface area contributed by atoms with Gasteiger partial charge in [0.25, 0.3) is 0 Å². The molecule has 0 amide bonds. The topological polar surface area (TPSA) is 32.6 Å². The number of phenols is 1. The monoisotopic (exact) mass is 257 g/mol. The summed E-state index contributed by atoms with van der Waals surface area (Å²) in [6.45, 7) is 2.07. The first-order valence-electron chi connectivity index (χ1n) is 5.78. The lowest BCUT2D eigenvalue weighted by Crippen LogP contribution is -2.09. The van der Waals surface area contributed by atoms with Crippen LogP contribution in [0.4, 0.5) is 0 Å². The molecule has 18 heavy (non-hydrogen) atoms. The van der Waals surface area contributed by atoms with E-state index in [4.69, 9.17) is 0 Å². The van der Waals surface area contributed by atoms with Crippen LogP contribution in [0.15, 0.2) is 47.5 Å². The van der Waals surface area contributed by atoms with Crippen molar-refractivity contribution in [1.82, 2.24) is 0 Å². The number of hydrogen-bond donors (Lipinski definition) is 1. The Morgan fingerprint density at radius 2 is 1.89 bits per heavy atom. The van der Waals surface area contributed by atoms with Crippen molar-refractivity contribution in [3.05, 3.63) is 53.6 Å². The minimum atomic E-state index is 0.357. The Balaban J connectivity index is 2.37. The third-order valence-corrected chi connectivity index (χ3v) is 4.07. The van der Waals surface area contributed by atoms with E-state index in [9.17, 15) is 5.11 Å². The van der Waals surface area contributed by atoms with Gasteiger partial charge in [-0.2, -0.15) is 0 Å². The van der Waals surface area contributed by atoms with Gasteiger partial charge in [0, 0.05) is 24.1 Å². The molecular formula is C15H16NOP. The molecule has 0 spiro atoms. The Hall–Kier alpha value is -1.66. The lowest BCUT2D eigenvalue weighted by molar-refractivity contribution is 0.480. The summed E-state index contributed by atoms with van der Waals surface area (Å²) in [5.41, 5.74) is 2.34. The number of rotatable bonds is 3. The highest BCUT2D eigenvalue weighted by Gasteiger charge is 2.05. The molecule has 0 aliphatic rings. The maximum Gasteiger partial charge on any atom is 0.123 e. The minimum Gasteiger partial charge on any atom is -0.507 e. The summed E-state index contributed by atoms with van der Waals surface area (Å²) < 4.78 is 0. The molecule has 2 aromatic carbocycles. The average molecular weight is 257 g/mol. The molecule has 1 atom stereocenters. The van der Waals surface area contributed by atoms with Crippen molar-refractivity contribution in [3.63, 3.8) is 0 Å². The normalized spacial score (nSPS) is 11.7. The number of phenolic OH excluding ortho intramolecular Hbond substituents is 1. The van der Waals surface area contributed by atoms with Crippen LogP contribution in [-0.2, 0) is 0 Å². The summed E-state index contributed by atoms with van der Waals surface area (Å²) in [5.74, 6) is 0.357. The maximum atomic E-state index is 9.82. The molecule has 0 aliphatic carbocycles. The summed E-state index contributed by atoms with van der Waals surface area (Å²) in [6, 6.07) is 13.8. The molecule has 2 aromatic rings. The summed E-state index contributed by atoms with van der Waals surface area (Å²) in [4.78, 5) is 4.09. The number of para-hydroxylation sites is 1. The first-order valence-corrected chi connectivity index (χ1v) is 6.78. The fourth-order valence-electron chi connectivity index (χ4n) is 1.77. The Morgan fingerprint density at radius 1 is 1.11 bits per heavy atom. The van der Waals surface area contributed by atoms with Crippen molar-refractivity contribution < 1.29 is 5.11 Å². The van der Waals surface area contributed by atoms with Crippen LogP contribution in [-0.4, -0.2) is 18.4 Å². The van der Waals surface area contributed by atoms with Gasteiger partial charge in [-0.25, -0.2) is 0 Å². The van der Waals surface area contributed by atoms with Gasteiger partial charge in [-0.05, 0) is 24.4 Å². The number of aromatic hydroxyl groups is 1. The highest BCUT2D eigenvalue weighted by molar-refractivity contribution is 7.56. The van der Waals surface area contributed by atoms with Gasteiger partial charge in [-0.15, -0.1) is 0 Å². The predicted octanol–water partition coefficient (Wildman–Crippen LogP) is 2.38. The summed E-state index contributed by atoms with van der Waals surface area (Å²) in [5, 5.41) is 12.0. The van der Waals surface area contributed by atoms with E-state index in [0.29, 0.717) is 14.3 Å². The first-order chi connectivity index (χ1) is 8.70. The van der Waals surface area contributed by atoms with E-state index in [1.54, 1.807) is 13.1 Å². The molecule has 0 aliphatic heterocycles. The number of hydrogen-bond acceptors (Lipinski definition) is 2. The van der Waals surface area contributed by atoms with Gasteiger partial charge in [0.1, 0.15) is 5.75 Å². The molecule has 0 heterocycles. The smallest absolute Gasteiger partial charge is 0.123 e. The van der Waals surface area contributed by atoms with Crippen molar-refractivity contribution in [3.8, 4) is 5.75 Å². The fraction of sp³-hybridized carbons (Fsp3) is 0.133. The van der Waals surface area contributed by atoms with E-state index < -0.39 is 0 Å². The second-order valence-electron chi connectivity index (χ2n) is 4.12. The van der Waals surface area contributed by atoms with Crippen LogP contribution in [0.1, 0.15) is 11.1 Å². The molecule has 0 saturated carbocycles. The number of aliphatic imine (C=N–C) groups is 1. The number of aryl methyl sites for hydroxylation is 1. The van der Waals surface area contributed by atoms with E-state index in [0.717, 1.165) is 10.9 Å². The fourth-order valence-corrected chi connectivity index (χ4v) is 2.90. The van der Waals surface area contributed by atoms with E-state index in [1.807, 2.05) is 24.4 Å².